The summed E-state index contributed by atoms with van der Waals surface area (Å²) < 4.78 is 29.5. The lowest BCUT2D eigenvalue weighted by Crippen LogP contribution is -2.57. The van der Waals surface area contributed by atoms with Gasteiger partial charge in [0.25, 0.3) is 5.91 Å². The summed E-state index contributed by atoms with van der Waals surface area (Å²) >= 11 is 6.30. The molecule has 4 amide bonds. The van der Waals surface area contributed by atoms with Crippen LogP contribution in [-0.4, -0.2) is 73.9 Å². The third-order valence-corrected chi connectivity index (χ3v) is 9.12. The van der Waals surface area contributed by atoms with Gasteiger partial charge in [-0.05, 0) is 74.9 Å². The number of hydrogen-bond donors (Lipinski definition) is 1. The molecule has 3 aliphatic rings. The van der Waals surface area contributed by atoms with E-state index in [0.717, 1.165) is 37.1 Å². The lowest BCUT2D eigenvalue weighted by molar-refractivity contribution is -0.136. The minimum atomic E-state index is -1.02. The Morgan fingerprint density at radius 2 is 1.86 bits per heavy atom. The fraction of sp³-hybridized carbons (Fsp3) is 0.452. The van der Waals surface area contributed by atoms with Crippen LogP contribution in [0.25, 0.3) is 0 Å². The number of urea groups is 1. The lowest BCUT2D eigenvalue weighted by atomic mass is 9.88. The third-order valence-electron chi connectivity index (χ3n) is 8.88. The maximum atomic E-state index is 14.2. The van der Waals surface area contributed by atoms with Crippen molar-refractivity contribution in [2.75, 3.05) is 18.0 Å². The minimum absolute atomic E-state index is 0.0388. The second kappa shape index (κ2) is 12.2. The average molecular weight is 626 g/mol. The van der Waals surface area contributed by atoms with Crippen molar-refractivity contribution < 1.29 is 23.2 Å². The van der Waals surface area contributed by atoms with Crippen LogP contribution in [0.5, 0.6) is 0 Å². The highest BCUT2D eigenvalue weighted by molar-refractivity contribution is 6.30. The van der Waals surface area contributed by atoms with Gasteiger partial charge in [-0.1, -0.05) is 22.9 Å². The second-order valence-corrected chi connectivity index (χ2v) is 12.4. The molecule has 4 atom stereocenters. The van der Waals surface area contributed by atoms with Crippen LogP contribution in [0, 0.1) is 11.6 Å². The Balaban J connectivity index is 1.04. The molecule has 2 aliphatic heterocycles. The van der Waals surface area contributed by atoms with E-state index < -0.39 is 29.6 Å². The van der Waals surface area contributed by atoms with Crippen molar-refractivity contribution in [3.05, 3.63) is 76.1 Å². The highest BCUT2D eigenvalue weighted by Gasteiger charge is 2.41. The van der Waals surface area contributed by atoms with Crippen LogP contribution in [-0.2, 0) is 22.6 Å². The van der Waals surface area contributed by atoms with Gasteiger partial charge in [-0.25, -0.2) is 23.2 Å². The van der Waals surface area contributed by atoms with Gasteiger partial charge in [-0.3, -0.25) is 14.5 Å². The molecule has 1 N–H and O–H groups in total. The normalized spacial score (nSPS) is 24.0. The van der Waals surface area contributed by atoms with Gasteiger partial charge in [0.15, 0.2) is 0 Å². The number of aromatic nitrogens is 3. The molecular weight excluding hydrogens is 592 g/mol. The SMILES string of the molecule is C[C@@H]1CN(C(=O)CCC2NC(=O)N(c3ccc(F)cc3F)C2=O)C[C@H](C)N1Cc1cn([C@@H]2CCCc3ccc(Cl)cc32)nn1. The number of carbonyl (C=O) groups is 3. The summed E-state index contributed by atoms with van der Waals surface area (Å²) in [6.45, 7) is 5.73. The first kappa shape index (κ1) is 30.1. The fourth-order valence-corrected chi connectivity index (χ4v) is 6.84. The van der Waals surface area contributed by atoms with Gasteiger partial charge in [0.05, 0.1) is 23.6 Å². The number of nitrogens with one attached hydrogen (secondary N) is 1. The number of carbonyl (C=O) groups excluding carboxylic acids is 3. The van der Waals surface area contributed by atoms with Gasteiger partial charge < -0.3 is 10.2 Å². The number of rotatable bonds is 7. The number of fused-ring (bicyclic) bond motifs is 1. The number of benzene rings is 2. The van der Waals surface area contributed by atoms with Crippen molar-refractivity contribution in [2.45, 2.75) is 76.7 Å². The predicted octanol–water partition coefficient (Wildman–Crippen LogP) is 4.46. The van der Waals surface area contributed by atoms with E-state index in [9.17, 15) is 23.2 Å². The second-order valence-electron chi connectivity index (χ2n) is 11.9. The van der Waals surface area contributed by atoms with Gasteiger partial charge in [-0.15, -0.1) is 5.10 Å². The Hall–Kier alpha value is -3.90. The van der Waals surface area contributed by atoms with Gasteiger partial charge in [0.1, 0.15) is 17.7 Å². The Labute approximate surface area is 258 Å². The largest absolute Gasteiger partial charge is 0.340 e. The quantitative estimate of drug-likeness (QED) is 0.389. The molecule has 3 aromatic rings. The molecule has 2 fully saturated rings. The van der Waals surface area contributed by atoms with E-state index in [4.69, 9.17) is 11.6 Å². The Morgan fingerprint density at radius 3 is 2.61 bits per heavy atom. The highest BCUT2D eigenvalue weighted by Crippen LogP contribution is 2.34. The van der Waals surface area contributed by atoms with Crippen molar-refractivity contribution in [1.29, 1.82) is 0 Å². The zero-order valence-electron chi connectivity index (χ0n) is 24.5. The molecule has 44 heavy (non-hydrogen) atoms. The molecule has 0 spiro atoms. The van der Waals surface area contributed by atoms with Crippen molar-refractivity contribution in [3.63, 3.8) is 0 Å². The molecule has 1 aliphatic carbocycles. The first-order chi connectivity index (χ1) is 21.1. The highest BCUT2D eigenvalue weighted by atomic mass is 35.5. The summed E-state index contributed by atoms with van der Waals surface area (Å²) in [6, 6.07) is 7.11. The molecule has 2 aromatic carbocycles. The number of piperazine rings is 1. The molecule has 6 rings (SSSR count). The van der Waals surface area contributed by atoms with Gasteiger partial charge in [-0.2, -0.15) is 0 Å². The van der Waals surface area contributed by atoms with Crippen LogP contribution in [0.2, 0.25) is 5.02 Å². The molecule has 1 aromatic heterocycles. The minimum Gasteiger partial charge on any atom is -0.340 e. The van der Waals surface area contributed by atoms with Gasteiger partial charge in [0, 0.05) is 49.2 Å². The molecular formula is C31H34ClF2N7O3. The van der Waals surface area contributed by atoms with E-state index in [1.807, 2.05) is 23.0 Å². The summed E-state index contributed by atoms with van der Waals surface area (Å²) in [5, 5.41) is 12.2. The summed E-state index contributed by atoms with van der Waals surface area (Å²) in [5.41, 5.74) is 3.03. The zero-order chi connectivity index (χ0) is 31.1. The van der Waals surface area contributed by atoms with Gasteiger partial charge in [0.2, 0.25) is 5.91 Å². The molecule has 0 radical (unpaired) electrons. The number of hydrogen-bond acceptors (Lipinski definition) is 6. The monoisotopic (exact) mass is 625 g/mol. The first-order valence-electron chi connectivity index (χ1n) is 14.9. The first-order valence-corrected chi connectivity index (χ1v) is 15.3. The zero-order valence-corrected chi connectivity index (χ0v) is 25.3. The fourth-order valence-electron chi connectivity index (χ4n) is 6.66. The maximum absolute atomic E-state index is 14.2. The van der Waals surface area contributed by atoms with E-state index in [0.29, 0.717) is 35.6 Å². The summed E-state index contributed by atoms with van der Waals surface area (Å²) in [4.78, 5) is 43.2. The Kier molecular flexibility index (Phi) is 8.38. The van der Waals surface area contributed by atoms with Crippen molar-refractivity contribution in [2.24, 2.45) is 0 Å². The van der Waals surface area contributed by atoms with Crippen molar-refractivity contribution in [3.8, 4) is 0 Å². The van der Waals surface area contributed by atoms with Crippen LogP contribution in [0.15, 0.2) is 42.6 Å². The third kappa shape index (κ3) is 5.92. The standard InChI is InChI=1S/C31H34ClF2N7O3/c1-18-14-38(29(42)11-9-26-30(43)41(31(44)35-26)28-10-8-22(33)13-25(28)34)15-19(2)39(18)16-23-17-40(37-36-23)27-5-3-4-20-6-7-21(32)12-24(20)27/h6-8,10,12-13,17-19,26-27H,3-5,9,11,14-16H2,1-2H3,(H,35,44)/t18-,19+,26?,27-/m1/s1. The van der Waals surface area contributed by atoms with Crippen LogP contribution in [0.3, 0.4) is 0 Å². The summed E-state index contributed by atoms with van der Waals surface area (Å²) in [5.74, 6) is -2.63. The van der Waals surface area contributed by atoms with Crippen molar-refractivity contribution in [1.82, 2.24) is 30.1 Å². The Bertz CT molecular complexity index is 1590. The van der Waals surface area contributed by atoms with E-state index >= 15 is 0 Å². The van der Waals surface area contributed by atoms with Gasteiger partial charge >= 0.3 is 6.03 Å². The topological polar surface area (TPSA) is 104 Å². The summed E-state index contributed by atoms with van der Waals surface area (Å²) in [7, 11) is 0. The predicted molar refractivity (Wildman–Crippen MR) is 159 cm³/mol. The smallest absolute Gasteiger partial charge is 0.329 e. The maximum Gasteiger partial charge on any atom is 0.329 e. The number of imide groups is 1. The van der Waals surface area contributed by atoms with Crippen LogP contribution in [0.1, 0.15) is 62.4 Å². The molecule has 10 nitrogen and oxygen atoms in total. The molecule has 13 heteroatoms. The van der Waals surface area contributed by atoms with Crippen molar-refractivity contribution >= 4 is 35.1 Å². The average Bonchev–Trinajstić information content (AvgIpc) is 3.56. The van der Waals surface area contributed by atoms with E-state index in [1.165, 1.54) is 11.1 Å². The summed E-state index contributed by atoms with van der Waals surface area (Å²) in [6.07, 6.45) is 5.20. The molecule has 0 saturated carbocycles. The van der Waals surface area contributed by atoms with E-state index in [-0.39, 0.29) is 42.6 Å². The number of nitrogens with zero attached hydrogens (tertiary/aromatic N) is 6. The van der Waals surface area contributed by atoms with E-state index in [1.54, 1.807) is 4.90 Å². The molecule has 1 unspecified atom stereocenters. The molecule has 0 bridgehead atoms. The Morgan fingerprint density at radius 1 is 1.09 bits per heavy atom. The number of amides is 4. The molecule has 232 valence electrons. The number of aryl methyl sites for hydroxylation is 1. The van der Waals surface area contributed by atoms with Crippen LogP contribution < -0.4 is 10.2 Å². The molecule has 2 saturated heterocycles. The number of anilines is 1. The molecule has 3 heterocycles. The number of halogens is 3. The van der Waals surface area contributed by atoms with Crippen LogP contribution in [0.4, 0.5) is 19.3 Å². The van der Waals surface area contributed by atoms with E-state index in [2.05, 4.69) is 40.4 Å². The lowest BCUT2D eigenvalue weighted by Gasteiger charge is -2.44. The van der Waals surface area contributed by atoms with Crippen LogP contribution >= 0.6 is 11.6 Å².